The van der Waals surface area contributed by atoms with Crippen molar-refractivity contribution in [2.75, 3.05) is 4.31 Å². The molecule has 6 nitrogen and oxygen atoms in total. The van der Waals surface area contributed by atoms with Gasteiger partial charge in [-0.2, -0.15) is 18.4 Å². The van der Waals surface area contributed by atoms with Crippen LogP contribution >= 0.6 is 0 Å². The Balaban J connectivity index is 2.41. The highest BCUT2D eigenvalue weighted by atomic mass is 32.2. The first-order chi connectivity index (χ1) is 13.5. The number of alkyl halides is 3. The number of aromatic nitrogens is 2. The molecule has 0 saturated heterocycles. The third kappa shape index (κ3) is 3.42. The van der Waals surface area contributed by atoms with Gasteiger partial charge in [-0.25, -0.2) is 17.7 Å². The molecule has 1 aromatic carbocycles. The normalized spacial score (nSPS) is 13.3. The van der Waals surface area contributed by atoms with Crippen LogP contribution in [0.4, 0.5) is 19.0 Å². The zero-order valence-corrected chi connectivity index (χ0v) is 16.6. The maximum Gasteiger partial charge on any atom is 0.409 e. The second kappa shape index (κ2) is 7.08. The van der Waals surface area contributed by atoms with E-state index < -0.39 is 22.2 Å². The smallest absolute Gasteiger partial charge is 0.313 e. The SMILES string of the molecule is Cc1cnc2c(c1)c(C#N)c(N([C@@H](C)C(F)(F)F)S(=O)(=O)c1ccccc1)n2C. The summed E-state index contributed by atoms with van der Waals surface area (Å²) in [6, 6.07) is 7.86. The topological polar surface area (TPSA) is 79.0 Å². The molecular weight excluding hydrogens is 405 g/mol. The first kappa shape index (κ1) is 20.7. The van der Waals surface area contributed by atoms with Gasteiger partial charge in [-0.3, -0.25) is 0 Å². The van der Waals surface area contributed by atoms with Crippen LogP contribution < -0.4 is 4.31 Å². The molecule has 0 amide bonds. The van der Waals surface area contributed by atoms with E-state index in [-0.39, 0.29) is 31.6 Å². The van der Waals surface area contributed by atoms with Crippen molar-refractivity contribution >= 4 is 26.9 Å². The minimum Gasteiger partial charge on any atom is -0.313 e. The third-order valence-electron chi connectivity index (χ3n) is 4.58. The zero-order chi connectivity index (χ0) is 21.6. The van der Waals surface area contributed by atoms with Gasteiger partial charge < -0.3 is 4.57 Å². The molecular formula is C19H17F3N4O2S. The fourth-order valence-corrected chi connectivity index (χ4v) is 4.82. The number of nitriles is 1. The lowest BCUT2D eigenvalue weighted by Crippen LogP contribution is -2.48. The van der Waals surface area contributed by atoms with Crippen LogP contribution in [0, 0.1) is 18.3 Å². The Bertz CT molecular complexity index is 1210. The molecule has 0 spiro atoms. The van der Waals surface area contributed by atoms with Crippen LogP contribution in [0.2, 0.25) is 0 Å². The van der Waals surface area contributed by atoms with Crippen molar-refractivity contribution in [3.8, 4) is 6.07 Å². The summed E-state index contributed by atoms with van der Waals surface area (Å²) in [5, 5.41) is 9.98. The zero-order valence-electron chi connectivity index (χ0n) is 15.8. The second-order valence-corrected chi connectivity index (χ2v) is 8.40. The molecule has 10 heteroatoms. The number of hydrogen-bond donors (Lipinski definition) is 0. The lowest BCUT2D eigenvalue weighted by atomic mass is 10.2. The monoisotopic (exact) mass is 422 g/mol. The molecule has 0 fully saturated rings. The number of aryl methyl sites for hydroxylation is 2. The molecule has 0 bridgehead atoms. The Labute approximate surface area is 165 Å². The Morgan fingerprint density at radius 1 is 1.24 bits per heavy atom. The minimum absolute atomic E-state index is 0.186. The summed E-state index contributed by atoms with van der Waals surface area (Å²) in [5.41, 5.74) is 0.714. The molecule has 1 atom stereocenters. The predicted molar refractivity (Wildman–Crippen MR) is 102 cm³/mol. The maximum absolute atomic E-state index is 13.7. The molecule has 2 aromatic heterocycles. The van der Waals surface area contributed by atoms with Gasteiger partial charge in [-0.15, -0.1) is 0 Å². The van der Waals surface area contributed by atoms with Crippen LogP contribution in [0.3, 0.4) is 0 Å². The van der Waals surface area contributed by atoms with Gasteiger partial charge in [0.05, 0.1) is 4.90 Å². The molecule has 0 aliphatic rings. The van der Waals surface area contributed by atoms with E-state index in [2.05, 4.69) is 4.98 Å². The predicted octanol–water partition coefficient (Wildman–Crippen LogP) is 3.90. The number of anilines is 1. The molecule has 0 aliphatic carbocycles. The maximum atomic E-state index is 13.7. The lowest BCUT2D eigenvalue weighted by Gasteiger charge is -2.32. The quantitative estimate of drug-likeness (QED) is 0.639. The molecule has 3 aromatic rings. The van der Waals surface area contributed by atoms with Crippen LogP contribution in [0.25, 0.3) is 11.0 Å². The third-order valence-corrected chi connectivity index (χ3v) is 6.45. The highest BCUT2D eigenvalue weighted by Gasteiger charge is 2.47. The van der Waals surface area contributed by atoms with Gasteiger partial charge in [-0.05, 0) is 37.6 Å². The van der Waals surface area contributed by atoms with Gasteiger partial charge in [0.2, 0.25) is 0 Å². The van der Waals surface area contributed by atoms with Crippen molar-refractivity contribution in [3.05, 3.63) is 53.7 Å². The molecule has 29 heavy (non-hydrogen) atoms. The van der Waals surface area contributed by atoms with E-state index in [9.17, 15) is 26.9 Å². The van der Waals surface area contributed by atoms with Crippen molar-refractivity contribution in [3.63, 3.8) is 0 Å². The fraction of sp³-hybridized carbons (Fsp3) is 0.263. The summed E-state index contributed by atoms with van der Waals surface area (Å²) < 4.78 is 69.1. The Kier molecular flexibility index (Phi) is 5.04. The average Bonchev–Trinajstić information content (AvgIpc) is 2.92. The van der Waals surface area contributed by atoms with E-state index in [1.54, 1.807) is 19.1 Å². The Hall–Kier alpha value is -3.06. The van der Waals surface area contributed by atoms with Crippen molar-refractivity contribution in [2.45, 2.75) is 31.0 Å². The average molecular weight is 422 g/mol. The van der Waals surface area contributed by atoms with Crippen LogP contribution in [0.1, 0.15) is 18.1 Å². The Morgan fingerprint density at radius 3 is 2.41 bits per heavy atom. The van der Waals surface area contributed by atoms with Gasteiger partial charge in [0.15, 0.2) is 0 Å². The number of rotatable bonds is 4. The van der Waals surface area contributed by atoms with Crippen molar-refractivity contribution < 1.29 is 21.6 Å². The number of sulfonamides is 1. The van der Waals surface area contributed by atoms with E-state index >= 15 is 0 Å². The molecule has 2 heterocycles. The van der Waals surface area contributed by atoms with Crippen molar-refractivity contribution in [1.29, 1.82) is 5.26 Å². The van der Waals surface area contributed by atoms with E-state index in [1.165, 1.54) is 42.1 Å². The number of hydrogen-bond acceptors (Lipinski definition) is 4. The number of pyridine rings is 1. The molecule has 3 rings (SSSR count). The summed E-state index contributed by atoms with van der Waals surface area (Å²) in [7, 11) is -3.25. The molecule has 0 N–H and O–H groups in total. The van der Waals surface area contributed by atoms with Crippen LogP contribution in [-0.2, 0) is 17.1 Å². The summed E-state index contributed by atoms with van der Waals surface area (Å²) in [6.45, 7) is 2.47. The molecule has 0 saturated carbocycles. The number of halogens is 3. The number of nitrogens with zero attached hydrogens (tertiary/aromatic N) is 4. The first-order valence-electron chi connectivity index (χ1n) is 8.51. The molecule has 0 unspecified atom stereocenters. The van der Waals surface area contributed by atoms with Gasteiger partial charge in [0.25, 0.3) is 10.0 Å². The lowest BCUT2D eigenvalue weighted by molar-refractivity contribution is -0.142. The van der Waals surface area contributed by atoms with Crippen LogP contribution in [0.5, 0.6) is 0 Å². The van der Waals surface area contributed by atoms with E-state index in [4.69, 9.17) is 0 Å². The summed E-state index contributed by atoms with van der Waals surface area (Å²) in [6.07, 6.45) is -3.37. The molecule has 0 radical (unpaired) electrons. The van der Waals surface area contributed by atoms with E-state index in [1.807, 2.05) is 6.07 Å². The first-order valence-corrected chi connectivity index (χ1v) is 9.95. The minimum atomic E-state index is -4.87. The number of benzene rings is 1. The molecule has 0 aliphatic heterocycles. The van der Waals surface area contributed by atoms with Crippen LogP contribution in [0.15, 0.2) is 47.5 Å². The molecule has 152 valence electrons. The van der Waals surface area contributed by atoms with E-state index in [0.717, 1.165) is 6.92 Å². The highest BCUT2D eigenvalue weighted by molar-refractivity contribution is 7.92. The van der Waals surface area contributed by atoms with Crippen molar-refractivity contribution in [1.82, 2.24) is 9.55 Å². The second-order valence-electron chi connectivity index (χ2n) is 6.58. The van der Waals surface area contributed by atoms with E-state index in [0.29, 0.717) is 5.56 Å². The summed E-state index contributed by atoms with van der Waals surface area (Å²) in [4.78, 5) is 3.87. The van der Waals surface area contributed by atoms with Gasteiger partial charge in [0.1, 0.15) is 29.1 Å². The Morgan fingerprint density at radius 2 is 1.86 bits per heavy atom. The van der Waals surface area contributed by atoms with Crippen LogP contribution in [-0.4, -0.2) is 30.2 Å². The van der Waals surface area contributed by atoms with Gasteiger partial charge in [0, 0.05) is 18.6 Å². The standard InChI is InChI=1S/C19H17F3N4O2S/c1-12-9-15-16(10-23)18(25(3)17(15)24-11-12)26(13(2)19(20,21)22)29(27,28)14-7-5-4-6-8-14/h4-9,11,13H,1-3H3/t13-/m0/s1. The van der Waals surface area contributed by atoms with Crippen molar-refractivity contribution in [2.24, 2.45) is 7.05 Å². The summed E-state index contributed by atoms with van der Waals surface area (Å²) in [5.74, 6) is -0.380. The van der Waals surface area contributed by atoms with Gasteiger partial charge in [-0.1, -0.05) is 18.2 Å². The fourth-order valence-electron chi connectivity index (χ4n) is 3.11. The largest absolute Gasteiger partial charge is 0.409 e. The highest BCUT2D eigenvalue weighted by Crippen LogP contribution is 2.39. The van der Waals surface area contributed by atoms with Gasteiger partial charge >= 0.3 is 6.18 Å². The number of fused-ring (bicyclic) bond motifs is 1. The summed E-state index contributed by atoms with van der Waals surface area (Å²) >= 11 is 0.